The number of amides is 1. The van der Waals surface area contributed by atoms with Crippen molar-refractivity contribution in [3.05, 3.63) is 78.1 Å². The Kier molecular flexibility index (Phi) is 7.83. The van der Waals surface area contributed by atoms with Crippen LogP contribution in [0.4, 0.5) is 4.79 Å². The minimum Gasteiger partial charge on any atom is -0.444 e. The monoisotopic (exact) mass is 435 g/mol. The van der Waals surface area contributed by atoms with E-state index in [2.05, 4.69) is 28.5 Å². The number of nitrogens with one attached hydrogen (secondary N) is 1. The van der Waals surface area contributed by atoms with Crippen LogP contribution in [0.3, 0.4) is 0 Å². The number of carbonyl (C=O) groups excluding carboxylic acids is 1. The maximum Gasteiger partial charge on any atom is 0.410 e. The normalized spacial score (nSPS) is 13.5. The van der Waals surface area contributed by atoms with Gasteiger partial charge in [-0.15, -0.1) is 0 Å². The molecular weight excluding hydrogens is 402 g/mol. The summed E-state index contributed by atoms with van der Waals surface area (Å²) in [5.74, 6) is 0. The van der Waals surface area contributed by atoms with Gasteiger partial charge in [0.15, 0.2) is 0 Å². The number of aromatic nitrogens is 1. The highest BCUT2D eigenvalue weighted by Crippen LogP contribution is 2.18. The topological polar surface area (TPSA) is 74.7 Å². The Hall–Kier alpha value is -2.96. The van der Waals surface area contributed by atoms with Crippen molar-refractivity contribution >= 4 is 16.9 Å². The first-order valence-corrected chi connectivity index (χ1v) is 11.0. The van der Waals surface area contributed by atoms with Gasteiger partial charge in [0, 0.05) is 36.9 Å². The summed E-state index contributed by atoms with van der Waals surface area (Å²) in [7, 11) is 0. The largest absolute Gasteiger partial charge is 0.444 e. The molecule has 0 saturated heterocycles. The Bertz CT molecular complexity index is 1020. The molecule has 1 heterocycles. The average Bonchev–Trinajstić information content (AvgIpc) is 2.76. The molecule has 0 radical (unpaired) electrons. The van der Waals surface area contributed by atoms with Crippen molar-refractivity contribution in [3.63, 3.8) is 0 Å². The van der Waals surface area contributed by atoms with Gasteiger partial charge in [-0.2, -0.15) is 0 Å². The number of hydrogen-bond acceptors (Lipinski definition) is 5. The number of aliphatic hydroxyl groups is 1. The van der Waals surface area contributed by atoms with Crippen molar-refractivity contribution in [2.24, 2.45) is 0 Å². The second-order valence-electron chi connectivity index (χ2n) is 9.15. The highest BCUT2D eigenvalue weighted by atomic mass is 16.6. The summed E-state index contributed by atoms with van der Waals surface area (Å²) in [5, 5.41) is 16.4. The fourth-order valence-electron chi connectivity index (χ4n) is 3.47. The predicted octanol–water partition coefficient (Wildman–Crippen LogP) is 4.68. The van der Waals surface area contributed by atoms with Crippen molar-refractivity contribution < 1.29 is 14.6 Å². The smallest absolute Gasteiger partial charge is 0.410 e. The van der Waals surface area contributed by atoms with Crippen LogP contribution in [0, 0.1) is 0 Å². The fourth-order valence-corrected chi connectivity index (χ4v) is 3.47. The number of pyridine rings is 1. The zero-order valence-corrected chi connectivity index (χ0v) is 19.3. The van der Waals surface area contributed by atoms with E-state index < -0.39 is 17.8 Å². The third kappa shape index (κ3) is 7.04. The Labute approximate surface area is 190 Å². The van der Waals surface area contributed by atoms with Crippen LogP contribution in [0.5, 0.6) is 0 Å². The molecule has 2 atom stereocenters. The van der Waals surface area contributed by atoms with Gasteiger partial charge < -0.3 is 20.1 Å². The van der Waals surface area contributed by atoms with E-state index in [1.807, 2.05) is 70.3 Å². The number of fused-ring (bicyclic) bond motifs is 1. The molecule has 1 aromatic heterocycles. The molecule has 0 spiro atoms. The van der Waals surface area contributed by atoms with E-state index in [4.69, 9.17) is 4.74 Å². The Morgan fingerprint density at radius 1 is 1.09 bits per heavy atom. The van der Waals surface area contributed by atoms with Gasteiger partial charge in [-0.1, -0.05) is 42.5 Å². The van der Waals surface area contributed by atoms with Crippen LogP contribution in [0.2, 0.25) is 0 Å². The minimum absolute atomic E-state index is 0.00127. The van der Waals surface area contributed by atoms with Gasteiger partial charge in [0.2, 0.25) is 0 Å². The number of benzene rings is 2. The fraction of sp³-hybridized carbons (Fsp3) is 0.385. The van der Waals surface area contributed by atoms with Crippen LogP contribution < -0.4 is 5.32 Å². The van der Waals surface area contributed by atoms with Crippen molar-refractivity contribution in [1.82, 2.24) is 15.2 Å². The lowest BCUT2D eigenvalue weighted by Crippen LogP contribution is -2.45. The summed E-state index contributed by atoms with van der Waals surface area (Å²) in [6, 6.07) is 17.6. The lowest BCUT2D eigenvalue weighted by Gasteiger charge is -2.31. The molecule has 170 valence electrons. The molecular formula is C26H33N3O3. The first kappa shape index (κ1) is 23.7. The average molecular weight is 436 g/mol. The molecule has 6 nitrogen and oxygen atoms in total. The lowest BCUT2D eigenvalue weighted by atomic mass is 10.1. The summed E-state index contributed by atoms with van der Waals surface area (Å²) in [6.07, 6.45) is 2.43. The van der Waals surface area contributed by atoms with Crippen molar-refractivity contribution in [2.75, 3.05) is 13.1 Å². The van der Waals surface area contributed by atoms with Crippen LogP contribution in [-0.2, 0) is 11.3 Å². The zero-order valence-electron chi connectivity index (χ0n) is 19.3. The molecule has 32 heavy (non-hydrogen) atoms. The number of aliphatic hydroxyl groups excluding tert-OH is 1. The second kappa shape index (κ2) is 10.6. The third-order valence-corrected chi connectivity index (χ3v) is 5.08. The Balaban J connectivity index is 1.64. The zero-order chi connectivity index (χ0) is 23.1. The van der Waals surface area contributed by atoms with E-state index in [-0.39, 0.29) is 12.6 Å². The molecule has 2 aromatic carbocycles. The van der Waals surface area contributed by atoms with Gasteiger partial charge in [-0.25, -0.2) is 4.79 Å². The number of hydrogen-bond donors (Lipinski definition) is 2. The van der Waals surface area contributed by atoms with Gasteiger partial charge in [0.05, 0.1) is 12.6 Å². The van der Waals surface area contributed by atoms with Crippen LogP contribution in [0.15, 0.2) is 67.0 Å². The first-order valence-electron chi connectivity index (χ1n) is 11.0. The van der Waals surface area contributed by atoms with Crippen LogP contribution in [-0.4, -0.2) is 45.8 Å². The molecule has 0 aliphatic rings. The lowest BCUT2D eigenvalue weighted by molar-refractivity contribution is 0.0126. The van der Waals surface area contributed by atoms with Gasteiger partial charge in [-0.3, -0.25) is 4.98 Å². The predicted molar refractivity (Wildman–Crippen MR) is 127 cm³/mol. The minimum atomic E-state index is -0.787. The molecule has 0 saturated carbocycles. The summed E-state index contributed by atoms with van der Waals surface area (Å²) in [5.41, 5.74) is 1.32. The van der Waals surface area contributed by atoms with E-state index >= 15 is 0 Å². The van der Waals surface area contributed by atoms with Crippen LogP contribution in [0.25, 0.3) is 10.8 Å². The summed E-state index contributed by atoms with van der Waals surface area (Å²) in [6.45, 7) is 8.79. The van der Waals surface area contributed by atoms with Gasteiger partial charge in [0.25, 0.3) is 0 Å². The van der Waals surface area contributed by atoms with E-state index in [0.717, 1.165) is 21.9 Å². The molecule has 6 heteroatoms. The van der Waals surface area contributed by atoms with Crippen molar-refractivity contribution in [2.45, 2.75) is 52.0 Å². The number of carbonyl (C=O) groups is 1. The number of nitrogens with zero attached hydrogens (tertiary/aromatic N) is 2. The SMILES string of the molecule is C[C@H](CN(C[C@@H](O)c1ccccc1)C(=O)OC(C)(C)C)NCc1ccc2cnccc2c1. The maximum absolute atomic E-state index is 12.8. The quantitative estimate of drug-likeness (QED) is 0.537. The van der Waals surface area contributed by atoms with Crippen LogP contribution >= 0.6 is 0 Å². The number of rotatable bonds is 8. The van der Waals surface area contributed by atoms with Crippen molar-refractivity contribution in [1.29, 1.82) is 0 Å². The van der Waals surface area contributed by atoms with Gasteiger partial charge in [0.1, 0.15) is 5.60 Å². The van der Waals surface area contributed by atoms with E-state index in [0.29, 0.717) is 13.1 Å². The van der Waals surface area contributed by atoms with E-state index in [1.165, 1.54) is 0 Å². The molecule has 3 aromatic rings. The molecule has 0 aliphatic heterocycles. The molecule has 0 bridgehead atoms. The summed E-state index contributed by atoms with van der Waals surface area (Å²) >= 11 is 0. The molecule has 0 fully saturated rings. The Morgan fingerprint density at radius 2 is 1.84 bits per heavy atom. The van der Waals surface area contributed by atoms with E-state index in [1.54, 1.807) is 11.1 Å². The molecule has 0 aliphatic carbocycles. The van der Waals surface area contributed by atoms with Gasteiger partial charge in [-0.05, 0) is 56.3 Å². The maximum atomic E-state index is 12.8. The highest BCUT2D eigenvalue weighted by molar-refractivity contribution is 5.82. The third-order valence-electron chi connectivity index (χ3n) is 5.08. The van der Waals surface area contributed by atoms with E-state index in [9.17, 15) is 9.90 Å². The van der Waals surface area contributed by atoms with Crippen molar-refractivity contribution in [3.8, 4) is 0 Å². The molecule has 2 N–H and O–H groups in total. The van der Waals surface area contributed by atoms with Crippen LogP contribution in [0.1, 0.15) is 44.9 Å². The summed E-state index contributed by atoms with van der Waals surface area (Å²) in [4.78, 5) is 18.6. The molecule has 0 unspecified atom stereocenters. The summed E-state index contributed by atoms with van der Waals surface area (Å²) < 4.78 is 5.59. The number of ether oxygens (including phenoxy) is 1. The second-order valence-corrected chi connectivity index (χ2v) is 9.15. The molecule has 1 amide bonds. The Morgan fingerprint density at radius 3 is 2.56 bits per heavy atom. The standard InChI is InChI=1S/C26H33N3O3/c1-19(28-15-20-10-11-23-16-27-13-12-22(23)14-20)17-29(25(31)32-26(2,3)4)18-24(30)21-8-6-5-7-9-21/h5-14,16,19,24,28,30H,15,17-18H2,1-4H3/t19-,24-/m1/s1. The first-order chi connectivity index (χ1) is 15.2. The van der Waals surface area contributed by atoms with Gasteiger partial charge >= 0.3 is 6.09 Å². The molecule has 3 rings (SSSR count). The highest BCUT2D eigenvalue weighted by Gasteiger charge is 2.25.